The molecule has 22 rings (SSSR count). The highest BCUT2D eigenvalue weighted by molar-refractivity contribution is 5.62. The highest BCUT2D eigenvalue weighted by Gasteiger charge is 2.61. The predicted molar refractivity (Wildman–Crippen MR) is 489 cm³/mol. The molecule has 10 nitrogen and oxygen atoms in total. The van der Waals surface area contributed by atoms with Crippen molar-refractivity contribution < 1.29 is 119 Å². The van der Waals surface area contributed by atoms with Gasteiger partial charge in [-0.1, -0.05) is 153 Å². The van der Waals surface area contributed by atoms with Gasteiger partial charge in [0.25, 0.3) is 11.8 Å². The van der Waals surface area contributed by atoms with Gasteiger partial charge in [-0.3, -0.25) is 0 Å². The van der Waals surface area contributed by atoms with Crippen LogP contribution in [0.25, 0.3) is 0 Å². The molecule has 138 heavy (non-hydrogen) atoms. The number of aromatic hydroxyl groups is 5. The van der Waals surface area contributed by atoms with Crippen LogP contribution in [0.1, 0.15) is 221 Å². The van der Waals surface area contributed by atoms with Crippen molar-refractivity contribution in [1.82, 2.24) is 0 Å². The van der Waals surface area contributed by atoms with Gasteiger partial charge in [0.2, 0.25) is 11.8 Å². The van der Waals surface area contributed by atoms with Crippen LogP contribution in [0.3, 0.4) is 0 Å². The largest absolute Gasteiger partial charge is 0.508 e. The van der Waals surface area contributed by atoms with Crippen molar-refractivity contribution in [2.75, 3.05) is 7.11 Å². The molecule has 4 aliphatic heterocycles. The van der Waals surface area contributed by atoms with Crippen molar-refractivity contribution in [3.8, 4) is 57.5 Å². The Labute approximate surface area is 788 Å². The van der Waals surface area contributed by atoms with Gasteiger partial charge in [0.1, 0.15) is 81.8 Å². The standard InChI is InChI=1S/C19H18F4O.C19H17F3O2.C19H17FO2.C19H20O2.C18H14F4O2.C18H16F4O/c1-24-17-7-6-13(12-16(17)21)18(8-10-19(22,23)11-9-18)14-4-2-3-5-15(14)20;20-15-4-1-3-14-17(15)24-16-11-18(21,22)9-2-10-19(14,16)12-5-7-13(23)8-6-12;20-15-5-4-6-16-18(15)19(13-8-10-14(21)11-9-13)12-3-1-2-7-17(19)22-16;20-15-11-9-14(10-12-15)19-13-5-1-2-8-18(19)21-17-7-4-3-6-16(17)19;19-11-2-1-3-14-16(11)18(10-4-5-13(23)12(20)8-10)7-6-17(21,22)9-15(18)24-14;19-14-4-2-1-3-13(14)17(7-9-18(21,22)10-8-17)12-5-6-16(23)15(20)11-12/h2-7,12H,8-11H2,1H3;1,3-8,16,23H,2,9-11H2;4-11,21H,1-3,12H2;3-4,6-7,9-12,18,20H,1-2,5,8,13H2;1-5,8,15,23H,6-7,9H2;1-6,11,23H,7-10H2. The number of halogens is 16. The Balaban J connectivity index is 0.000000115. The second kappa shape index (κ2) is 38.6. The highest BCUT2D eigenvalue weighted by Crippen LogP contribution is 2.62. The fraction of sp³-hybridized carbons (Fsp3) is 0.339. The first-order valence-corrected chi connectivity index (χ1v) is 46.6. The smallest absolute Gasteiger partial charge is 0.251 e. The Kier molecular flexibility index (Phi) is 27.1. The number of phenolic OH excluding ortho intramolecular Hbond substituents is 5. The molecule has 4 heterocycles. The third-order valence-corrected chi connectivity index (χ3v) is 29.8. The molecule has 12 aromatic rings. The molecule has 5 saturated carbocycles. The van der Waals surface area contributed by atoms with Crippen LogP contribution in [0.15, 0.2) is 267 Å². The van der Waals surface area contributed by atoms with Crippen molar-refractivity contribution in [2.24, 2.45) is 0 Å². The number of hydrogen-bond acceptors (Lipinski definition) is 10. The molecule has 0 spiro atoms. The topological polar surface area (TPSA) is 147 Å². The number of benzene rings is 12. The lowest BCUT2D eigenvalue weighted by Crippen LogP contribution is -2.48. The number of ether oxygens (including phenoxy) is 5. The number of phenols is 5. The molecule has 0 aromatic heterocycles. The van der Waals surface area contributed by atoms with E-state index in [1.807, 2.05) is 18.2 Å². The molecule has 6 aliphatic carbocycles. The van der Waals surface area contributed by atoms with Gasteiger partial charge in [0, 0.05) is 84.5 Å². The van der Waals surface area contributed by atoms with Crippen LogP contribution in [-0.4, -0.2) is 74.6 Å². The van der Waals surface area contributed by atoms with Gasteiger partial charge in [0.15, 0.2) is 46.3 Å². The molecular formula is C112H102F16O10. The summed E-state index contributed by atoms with van der Waals surface area (Å²) in [5.41, 5.74) is 3.09. The average Bonchev–Trinajstić information content (AvgIpc) is 1.55. The minimum absolute atomic E-state index is 0.0190. The van der Waals surface area contributed by atoms with Crippen LogP contribution < -0.4 is 23.7 Å². The summed E-state index contributed by atoms with van der Waals surface area (Å²) in [6, 6.07) is 67.6. The van der Waals surface area contributed by atoms with Crippen LogP contribution >= 0.6 is 0 Å². The summed E-state index contributed by atoms with van der Waals surface area (Å²) in [4.78, 5) is 0. The van der Waals surface area contributed by atoms with E-state index in [9.17, 15) is 95.8 Å². The third-order valence-electron chi connectivity index (χ3n) is 29.8. The zero-order valence-electron chi connectivity index (χ0n) is 75.4. The second-order valence-corrected chi connectivity index (χ2v) is 37.6. The number of para-hydroxylation sites is 2. The number of fused-ring (bicyclic) bond motifs is 12. The molecule has 10 aliphatic rings. The average molecular weight is 1910 g/mol. The Bertz CT molecular complexity index is 6430. The van der Waals surface area contributed by atoms with Crippen LogP contribution in [0.2, 0.25) is 0 Å². The summed E-state index contributed by atoms with van der Waals surface area (Å²) in [5, 5.41) is 47.5. The fourth-order valence-electron chi connectivity index (χ4n) is 23.0. The van der Waals surface area contributed by atoms with E-state index < -0.39 is 134 Å². The highest BCUT2D eigenvalue weighted by atomic mass is 19.3. The summed E-state index contributed by atoms with van der Waals surface area (Å²) in [7, 11) is 1.35. The normalized spacial score (nSPS) is 23.9. The number of hydrogen-bond donors (Lipinski definition) is 5. The minimum Gasteiger partial charge on any atom is -0.508 e. The SMILES string of the molecule is COc1ccc(C2(c3ccccc3F)CCC(F)(F)CC2)cc1F.Oc1ccc(C2(c3ccccc3F)CCC(F)(F)CC2)cc1F.Oc1ccc(C23CCC(F)(F)CC2Oc2cccc(F)c23)cc1F.Oc1ccc(C23CCCC(F)(F)CC2Oc2c(F)cccc23)cc1.Oc1ccc(C23CCCCC=C2Oc2cccc(F)c23)cc1.Oc1ccc(C23CCCCCC2Oc2ccccc23)cc1. The number of rotatable bonds is 9. The molecule has 12 aromatic carbocycles. The summed E-state index contributed by atoms with van der Waals surface area (Å²) < 4.78 is 253. The molecule has 7 unspecified atom stereocenters. The van der Waals surface area contributed by atoms with E-state index in [0.717, 1.165) is 79.4 Å². The Morgan fingerprint density at radius 3 is 1.29 bits per heavy atom. The lowest BCUT2D eigenvalue weighted by molar-refractivity contribution is -0.0832. The number of methoxy groups -OCH3 is 1. The molecule has 0 amide bonds. The molecule has 5 fully saturated rings. The Morgan fingerprint density at radius 2 is 0.725 bits per heavy atom. The van der Waals surface area contributed by atoms with E-state index in [1.165, 1.54) is 128 Å². The summed E-state index contributed by atoms with van der Waals surface area (Å²) >= 11 is 0. The third kappa shape index (κ3) is 18.4. The molecule has 0 bridgehead atoms. The van der Waals surface area contributed by atoms with Gasteiger partial charge < -0.3 is 49.2 Å². The van der Waals surface area contributed by atoms with Crippen molar-refractivity contribution >= 4 is 0 Å². The zero-order chi connectivity index (χ0) is 97.5. The Morgan fingerprint density at radius 1 is 0.297 bits per heavy atom. The molecule has 26 heteroatoms. The molecule has 7 atom stereocenters. The molecule has 0 saturated heterocycles. The van der Waals surface area contributed by atoms with Crippen molar-refractivity contribution in [3.63, 3.8) is 0 Å². The lowest BCUT2D eigenvalue weighted by Gasteiger charge is -2.41. The maximum Gasteiger partial charge on any atom is 0.251 e. The first-order chi connectivity index (χ1) is 66.0. The molecule has 0 radical (unpaired) electrons. The summed E-state index contributed by atoms with van der Waals surface area (Å²) in [5.74, 6) is -13.4. The van der Waals surface area contributed by atoms with E-state index in [-0.39, 0.29) is 116 Å². The fourth-order valence-corrected chi connectivity index (χ4v) is 23.0. The van der Waals surface area contributed by atoms with E-state index >= 15 is 0 Å². The van der Waals surface area contributed by atoms with Crippen LogP contribution in [0.5, 0.6) is 57.5 Å². The van der Waals surface area contributed by atoms with E-state index in [4.69, 9.17) is 23.7 Å². The maximum atomic E-state index is 14.6. The van der Waals surface area contributed by atoms with Gasteiger partial charge in [-0.05, 0) is 255 Å². The minimum atomic E-state index is -2.91. The quantitative estimate of drug-likeness (QED) is 0.0885. The number of allylic oxidation sites excluding steroid dienone is 2. The van der Waals surface area contributed by atoms with Crippen molar-refractivity contribution in [1.29, 1.82) is 0 Å². The predicted octanol–water partition coefficient (Wildman–Crippen LogP) is 29.0. The van der Waals surface area contributed by atoms with Crippen LogP contribution in [0, 0.1) is 46.5 Å². The van der Waals surface area contributed by atoms with Gasteiger partial charge in [-0.25, -0.2) is 70.2 Å². The molecule has 5 N–H and O–H groups in total. The van der Waals surface area contributed by atoms with Gasteiger partial charge in [0.05, 0.1) is 28.8 Å². The second-order valence-electron chi connectivity index (χ2n) is 37.6. The maximum absolute atomic E-state index is 14.6. The van der Waals surface area contributed by atoms with Crippen molar-refractivity contribution in [2.45, 2.75) is 229 Å². The van der Waals surface area contributed by atoms with E-state index in [2.05, 4.69) is 42.5 Å². The lowest BCUT2D eigenvalue weighted by atomic mass is 9.63. The zero-order valence-corrected chi connectivity index (χ0v) is 75.4. The van der Waals surface area contributed by atoms with E-state index in [1.54, 1.807) is 91.0 Å². The first-order valence-electron chi connectivity index (χ1n) is 46.6. The molecular weight excluding hydrogens is 1810 g/mol. The van der Waals surface area contributed by atoms with Gasteiger partial charge in [-0.2, -0.15) is 0 Å². The molecule has 722 valence electrons. The summed E-state index contributed by atoms with van der Waals surface area (Å²) in [6.07, 6.45) is 8.09. The number of alkyl halides is 8. The van der Waals surface area contributed by atoms with E-state index in [0.29, 0.717) is 63.3 Å². The monoisotopic (exact) mass is 1910 g/mol. The first kappa shape index (κ1) is 96.9. The van der Waals surface area contributed by atoms with Crippen molar-refractivity contribution in [3.05, 3.63) is 380 Å². The van der Waals surface area contributed by atoms with Gasteiger partial charge >= 0.3 is 0 Å². The van der Waals surface area contributed by atoms with Crippen LogP contribution in [-0.2, 0) is 32.5 Å². The Hall–Kier alpha value is -12.7. The van der Waals surface area contributed by atoms with Crippen LogP contribution in [0.4, 0.5) is 70.2 Å². The summed E-state index contributed by atoms with van der Waals surface area (Å²) in [6.45, 7) is 0. The van der Waals surface area contributed by atoms with Gasteiger partial charge in [-0.15, -0.1) is 0 Å².